The third kappa shape index (κ3) is 2.79. The number of benzene rings is 1. The molecule has 7 heteroatoms. The van der Waals surface area contributed by atoms with Crippen LogP contribution in [-0.4, -0.2) is 18.3 Å². The standard InChI is InChI=1S/C11H13F2N3O2/c1-6(2)15-10(14)16-7-3-4-8-9(5-7)18-11(12,13)17-8/h3-6H,1-2H3,(H3,14,15,16). The smallest absolute Gasteiger partial charge is 0.395 e. The molecule has 0 aromatic heterocycles. The first-order valence-corrected chi connectivity index (χ1v) is 5.36. The lowest BCUT2D eigenvalue weighted by Gasteiger charge is -2.07. The summed E-state index contributed by atoms with van der Waals surface area (Å²) in [5, 5.41) is 2.78. The number of hydrogen-bond donors (Lipinski definition) is 2. The number of nitrogens with one attached hydrogen (secondary N) is 1. The summed E-state index contributed by atoms with van der Waals surface area (Å²) in [6.07, 6.45) is -3.61. The molecule has 0 saturated heterocycles. The predicted molar refractivity (Wildman–Crippen MR) is 63.0 cm³/mol. The lowest BCUT2D eigenvalue weighted by Crippen LogP contribution is -2.26. The van der Waals surface area contributed by atoms with Crippen LogP contribution in [0, 0.1) is 0 Å². The number of fused-ring (bicyclic) bond motifs is 1. The molecule has 0 amide bonds. The van der Waals surface area contributed by atoms with Crippen molar-refractivity contribution in [2.45, 2.75) is 26.2 Å². The fourth-order valence-electron chi connectivity index (χ4n) is 1.49. The van der Waals surface area contributed by atoms with Gasteiger partial charge in [0.1, 0.15) is 0 Å². The second-order valence-corrected chi connectivity index (χ2v) is 4.06. The van der Waals surface area contributed by atoms with Crippen molar-refractivity contribution >= 4 is 11.6 Å². The fourth-order valence-corrected chi connectivity index (χ4v) is 1.49. The Balaban J connectivity index is 2.14. The van der Waals surface area contributed by atoms with Crippen LogP contribution in [-0.2, 0) is 0 Å². The summed E-state index contributed by atoms with van der Waals surface area (Å²) in [6, 6.07) is 4.34. The molecule has 0 fully saturated rings. The van der Waals surface area contributed by atoms with Gasteiger partial charge in [-0.3, -0.25) is 4.99 Å². The highest BCUT2D eigenvalue weighted by Crippen LogP contribution is 2.42. The van der Waals surface area contributed by atoms with E-state index in [1.165, 1.54) is 12.1 Å². The second-order valence-electron chi connectivity index (χ2n) is 4.06. The molecule has 1 aromatic carbocycles. The van der Waals surface area contributed by atoms with E-state index in [2.05, 4.69) is 19.8 Å². The third-order valence-corrected chi connectivity index (χ3v) is 2.07. The molecular weight excluding hydrogens is 244 g/mol. The largest absolute Gasteiger partial charge is 0.586 e. The molecule has 0 aliphatic carbocycles. The van der Waals surface area contributed by atoms with Crippen molar-refractivity contribution in [2.24, 2.45) is 10.7 Å². The summed E-state index contributed by atoms with van der Waals surface area (Å²) < 4.78 is 34.2. The van der Waals surface area contributed by atoms with E-state index < -0.39 is 6.29 Å². The maximum atomic E-state index is 12.8. The molecule has 0 unspecified atom stereocenters. The van der Waals surface area contributed by atoms with E-state index in [-0.39, 0.29) is 23.5 Å². The summed E-state index contributed by atoms with van der Waals surface area (Å²) >= 11 is 0. The Morgan fingerprint density at radius 1 is 1.33 bits per heavy atom. The van der Waals surface area contributed by atoms with Crippen molar-refractivity contribution in [2.75, 3.05) is 5.32 Å². The van der Waals surface area contributed by atoms with Crippen molar-refractivity contribution in [1.82, 2.24) is 0 Å². The molecule has 5 nitrogen and oxygen atoms in total. The first-order valence-electron chi connectivity index (χ1n) is 5.36. The molecule has 3 N–H and O–H groups in total. The zero-order valence-corrected chi connectivity index (χ0v) is 9.91. The van der Waals surface area contributed by atoms with E-state index in [1.54, 1.807) is 6.07 Å². The normalized spacial score (nSPS) is 17.1. The number of anilines is 1. The Morgan fingerprint density at radius 2 is 2.00 bits per heavy atom. The van der Waals surface area contributed by atoms with Gasteiger partial charge in [0.15, 0.2) is 17.5 Å². The average molecular weight is 257 g/mol. The number of alkyl halides is 2. The minimum Gasteiger partial charge on any atom is -0.395 e. The quantitative estimate of drug-likeness (QED) is 0.629. The number of nitrogens with two attached hydrogens (primary N) is 1. The number of halogens is 2. The highest BCUT2D eigenvalue weighted by atomic mass is 19.3. The average Bonchev–Trinajstić information content (AvgIpc) is 2.49. The lowest BCUT2D eigenvalue weighted by atomic mass is 10.3. The van der Waals surface area contributed by atoms with Gasteiger partial charge in [0.25, 0.3) is 0 Å². The van der Waals surface area contributed by atoms with Crippen LogP contribution in [0.25, 0.3) is 0 Å². The Hall–Kier alpha value is -2.05. The van der Waals surface area contributed by atoms with E-state index in [0.29, 0.717) is 5.69 Å². The van der Waals surface area contributed by atoms with Crippen LogP contribution < -0.4 is 20.5 Å². The number of guanidine groups is 1. The number of hydrogen-bond acceptors (Lipinski definition) is 3. The summed E-state index contributed by atoms with van der Waals surface area (Å²) in [4.78, 5) is 4.06. The number of aliphatic imine (C=N–C) groups is 1. The summed E-state index contributed by atoms with van der Waals surface area (Å²) in [5.41, 5.74) is 6.12. The van der Waals surface area contributed by atoms with Crippen LogP contribution in [0.1, 0.15) is 13.8 Å². The Morgan fingerprint density at radius 3 is 2.67 bits per heavy atom. The van der Waals surface area contributed by atoms with Gasteiger partial charge in [-0.1, -0.05) is 0 Å². The zero-order chi connectivity index (χ0) is 13.3. The number of nitrogens with zero attached hydrogens (tertiary/aromatic N) is 1. The van der Waals surface area contributed by atoms with E-state index in [9.17, 15) is 8.78 Å². The minimum absolute atomic E-state index is 0.00933. The zero-order valence-electron chi connectivity index (χ0n) is 9.91. The number of rotatable bonds is 2. The van der Waals surface area contributed by atoms with Crippen molar-refractivity contribution in [3.8, 4) is 11.5 Å². The van der Waals surface area contributed by atoms with Gasteiger partial charge in [0.2, 0.25) is 0 Å². The molecule has 0 atom stereocenters. The van der Waals surface area contributed by atoms with Gasteiger partial charge >= 0.3 is 6.29 Å². The lowest BCUT2D eigenvalue weighted by molar-refractivity contribution is -0.286. The monoisotopic (exact) mass is 257 g/mol. The molecule has 0 bridgehead atoms. The topological polar surface area (TPSA) is 68.9 Å². The predicted octanol–water partition coefficient (Wildman–Crippen LogP) is 2.14. The molecule has 18 heavy (non-hydrogen) atoms. The number of ether oxygens (including phenoxy) is 2. The van der Waals surface area contributed by atoms with Gasteiger partial charge in [-0.2, -0.15) is 0 Å². The van der Waals surface area contributed by atoms with Crippen molar-refractivity contribution in [3.63, 3.8) is 0 Å². The van der Waals surface area contributed by atoms with Crippen LogP contribution in [0.4, 0.5) is 14.5 Å². The van der Waals surface area contributed by atoms with Gasteiger partial charge in [0.05, 0.1) is 0 Å². The van der Waals surface area contributed by atoms with Gasteiger partial charge in [-0.25, -0.2) is 0 Å². The molecular formula is C11H13F2N3O2. The van der Waals surface area contributed by atoms with Crippen LogP contribution in [0.15, 0.2) is 23.2 Å². The van der Waals surface area contributed by atoms with Crippen LogP contribution >= 0.6 is 0 Å². The minimum atomic E-state index is -3.61. The Kier molecular flexibility index (Phi) is 2.98. The molecule has 1 heterocycles. The molecule has 0 spiro atoms. The van der Waals surface area contributed by atoms with E-state index in [0.717, 1.165) is 0 Å². The van der Waals surface area contributed by atoms with Crippen LogP contribution in [0.3, 0.4) is 0 Å². The third-order valence-electron chi connectivity index (χ3n) is 2.07. The SMILES string of the molecule is CC(C)N=C(N)Nc1ccc2c(c1)OC(F)(F)O2. The van der Waals surface area contributed by atoms with Crippen LogP contribution in [0.2, 0.25) is 0 Å². The van der Waals surface area contributed by atoms with Crippen LogP contribution in [0.5, 0.6) is 11.5 Å². The highest BCUT2D eigenvalue weighted by Gasteiger charge is 2.43. The van der Waals surface area contributed by atoms with Gasteiger partial charge < -0.3 is 20.5 Å². The first kappa shape index (κ1) is 12.4. The highest BCUT2D eigenvalue weighted by molar-refractivity contribution is 5.92. The van der Waals surface area contributed by atoms with E-state index in [1.807, 2.05) is 13.8 Å². The molecule has 2 rings (SSSR count). The molecule has 1 aromatic rings. The van der Waals surface area contributed by atoms with Crippen molar-refractivity contribution in [1.29, 1.82) is 0 Å². The van der Waals surface area contributed by atoms with E-state index in [4.69, 9.17) is 5.73 Å². The summed E-state index contributed by atoms with van der Waals surface area (Å²) in [5.74, 6) is 0.155. The molecule has 0 saturated carbocycles. The Labute approximate surface area is 103 Å². The summed E-state index contributed by atoms with van der Waals surface area (Å²) in [7, 11) is 0. The fraction of sp³-hybridized carbons (Fsp3) is 0.364. The van der Waals surface area contributed by atoms with E-state index >= 15 is 0 Å². The van der Waals surface area contributed by atoms with Gasteiger partial charge in [-0.05, 0) is 26.0 Å². The first-order chi connectivity index (χ1) is 8.35. The Bertz CT molecular complexity index is 489. The summed E-state index contributed by atoms with van der Waals surface area (Å²) in [6.45, 7) is 3.74. The molecule has 1 aliphatic rings. The maximum Gasteiger partial charge on any atom is 0.586 e. The molecule has 0 radical (unpaired) electrons. The maximum absolute atomic E-state index is 12.8. The second kappa shape index (κ2) is 4.32. The van der Waals surface area contributed by atoms with Crippen molar-refractivity contribution in [3.05, 3.63) is 18.2 Å². The molecule has 98 valence electrons. The van der Waals surface area contributed by atoms with Gasteiger partial charge in [0, 0.05) is 17.8 Å². The molecule has 1 aliphatic heterocycles. The van der Waals surface area contributed by atoms with Crippen molar-refractivity contribution < 1.29 is 18.3 Å². The van der Waals surface area contributed by atoms with Gasteiger partial charge in [-0.15, -0.1) is 8.78 Å².